The van der Waals surface area contributed by atoms with Crippen molar-refractivity contribution < 1.29 is 0 Å². The summed E-state index contributed by atoms with van der Waals surface area (Å²) in [5.74, 6) is 0. The van der Waals surface area contributed by atoms with E-state index in [0.717, 1.165) is 6.54 Å². The van der Waals surface area contributed by atoms with Gasteiger partial charge in [0, 0.05) is 24.7 Å². The molecule has 1 atom stereocenters. The van der Waals surface area contributed by atoms with E-state index >= 15 is 0 Å². The first-order valence-electron chi connectivity index (χ1n) is 7.37. The summed E-state index contributed by atoms with van der Waals surface area (Å²) in [6.45, 7) is 5.65. The van der Waals surface area contributed by atoms with Gasteiger partial charge in [-0.05, 0) is 66.5 Å². The van der Waals surface area contributed by atoms with Gasteiger partial charge in [-0.25, -0.2) is 0 Å². The first-order chi connectivity index (χ1) is 8.57. The SMILES string of the molecule is CN(C)CC1CCCN1C1(CN)CCN(C)CC1. The van der Waals surface area contributed by atoms with Crippen LogP contribution in [-0.2, 0) is 0 Å². The van der Waals surface area contributed by atoms with Gasteiger partial charge in [0.25, 0.3) is 0 Å². The Morgan fingerprint density at radius 1 is 1.22 bits per heavy atom. The quantitative estimate of drug-likeness (QED) is 0.789. The Balaban J connectivity index is 2.06. The molecule has 0 saturated carbocycles. The number of nitrogens with two attached hydrogens (primary N) is 1. The van der Waals surface area contributed by atoms with Gasteiger partial charge in [-0.2, -0.15) is 0 Å². The third kappa shape index (κ3) is 2.87. The van der Waals surface area contributed by atoms with E-state index in [1.807, 2.05) is 0 Å². The number of hydrogen-bond acceptors (Lipinski definition) is 4. The van der Waals surface area contributed by atoms with Crippen LogP contribution in [0.25, 0.3) is 0 Å². The molecule has 0 amide bonds. The second-order valence-corrected chi connectivity index (χ2v) is 6.48. The molecule has 0 bridgehead atoms. The predicted molar refractivity (Wildman–Crippen MR) is 76.8 cm³/mol. The molecule has 4 nitrogen and oxygen atoms in total. The maximum atomic E-state index is 6.18. The van der Waals surface area contributed by atoms with E-state index in [9.17, 15) is 0 Å². The molecule has 0 aliphatic carbocycles. The molecule has 0 aromatic heterocycles. The minimum Gasteiger partial charge on any atom is -0.329 e. The largest absolute Gasteiger partial charge is 0.329 e. The molecular weight excluding hydrogens is 224 g/mol. The fourth-order valence-corrected chi connectivity index (χ4v) is 3.71. The molecule has 2 aliphatic heterocycles. The van der Waals surface area contributed by atoms with Gasteiger partial charge in [-0.3, -0.25) is 4.90 Å². The van der Waals surface area contributed by atoms with E-state index in [4.69, 9.17) is 5.73 Å². The molecule has 4 heteroatoms. The van der Waals surface area contributed by atoms with Crippen LogP contribution in [0.2, 0.25) is 0 Å². The number of likely N-dealkylation sites (N-methyl/N-ethyl adjacent to an activating group) is 1. The van der Waals surface area contributed by atoms with Crippen molar-refractivity contribution in [1.82, 2.24) is 14.7 Å². The highest BCUT2D eigenvalue weighted by Gasteiger charge is 2.43. The molecular formula is C14H30N4. The molecule has 2 saturated heterocycles. The van der Waals surface area contributed by atoms with Crippen molar-refractivity contribution in [2.24, 2.45) is 5.73 Å². The Bertz CT molecular complexity index is 259. The van der Waals surface area contributed by atoms with E-state index < -0.39 is 0 Å². The highest BCUT2D eigenvalue weighted by atomic mass is 15.3. The highest BCUT2D eigenvalue weighted by molar-refractivity contribution is 5.00. The Hall–Kier alpha value is -0.160. The Morgan fingerprint density at radius 3 is 2.44 bits per heavy atom. The average molecular weight is 254 g/mol. The van der Waals surface area contributed by atoms with Crippen molar-refractivity contribution in [2.75, 3.05) is 53.9 Å². The molecule has 0 aromatic carbocycles. The van der Waals surface area contributed by atoms with Crippen LogP contribution in [0.3, 0.4) is 0 Å². The van der Waals surface area contributed by atoms with Crippen LogP contribution >= 0.6 is 0 Å². The van der Waals surface area contributed by atoms with Crippen molar-refractivity contribution >= 4 is 0 Å². The Kier molecular flexibility index (Phi) is 4.64. The molecule has 0 aromatic rings. The third-order valence-corrected chi connectivity index (χ3v) is 4.86. The molecule has 18 heavy (non-hydrogen) atoms. The molecule has 2 aliphatic rings. The molecule has 0 radical (unpaired) electrons. The van der Waals surface area contributed by atoms with Crippen LogP contribution in [0.4, 0.5) is 0 Å². The zero-order valence-corrected chi connectivity index (χ0v) is 12.4. The van der Waals surface area contributed by atoms with E-state index in [-0.39, 0.29) is 5.54 Å². The number of nitrogens with zero attached hydrogens (tertiary/aromatic N) is 3. The van der Waals surface area contributed by atoms with Gasteiger partial charge >= 0.3 is 0 Å². The van der Waals surface area contributed by atoms with E-state index in [2.05, 4.69) is 35.8 Å². The summed E-state index contributed by atoms with van der Waals surface area (Å²) in [7, 11) is 6.59. The van der Waals surface area contributed by atoms with Crippen molar-refractivity contribution in [2.45, 2.75) is 37.3 Å². The number of piperidine rings is 1. The summed E-state index contributed by atoms with van der Waals surface area (Å²) in [6, 6.07) is 0.715. The van der Waals surface area contributed by atoms with E-state index in [1.54, 1.807) is 0 Å². The van der Waals surface area contributed by atoms with Crippen LogP contribution in [0.5, 0.6) is 0 Å². The summed E-state index contributed by atoms with van der Waals surface area (Å²) in [6.07, 6.45) is 5.17. The zero-order valence-electron chi connectivity index (χ0n) is 12.4. The lowest BCUT2D eigenvalue weighted by molar-refractivity contribution is 0.0177. The summed E-state index contributed by atoms with van der Waals surface area (Å²) < 4.78 is 0. The van der Waals surface area contributed by atoms with Crippen molar-refractivity contribution in [1.29, 1.82) is 0 Å². The molecule has 2 heterocycles. The van der Waals surface area contributed by atoms with Gasteiger partial charge in [0.15, 0.2) is 0 Å². The molecule has 2 fully saturated rings. The molecule has 1 unspecified atom stereocenters. The number of likely N-dealkylation sites (tertiary alicyclic amines) is 2. The van der Waals surface area contributed by atoms with Crippen molar-refractivity contribution in [3.05, 3.63) is 0 Å². The number of hydrogen-bond donors (Lipinski definition) is 1. The zero-order chi connectivity index (χ0) is 13.2. The lowest BCUT2D eigenvalue weighted by Gasteiger charge is -2.49. The van der Waals surface area contributed by atoms with Crippen LogP contribution in [0, 0.1) is 0 Å². The highest BCUT2D eigenvalue weighted by Crippen LogP contribution is 2.34. The lowest BCUT2D eigenvalue weighted by Crippen LogP contribution is -2.61. The van der Waals surface area contributed by atoms with Gasteiger partial charge in [0.1, 0.15) is 0 Å². The van der Waals surface area contributed by atoms with Gasteiger partial charge in [-0.15, -0.1) is 0 Å². The maximum absolute atomic E-state index is 6.18. The maximum Gasteiger partial charge on any atom is 0.0359 e. The van der Waals surface area contributed by atoms with Gasteiger partial charge < -0.3 is 15.5 Å². The normalized spacial score (nSPS) is 30.2. The number of rotatable bonds is 4. The van der Waals surface area contributed by atoms with Crippen molar-refractivity contribution in [3.63, 3.8) is 0 Å². The predicted octanol–water partition coefficient (Wildman–Crippen LogP) is 0.436. The monoisotopic (exact) mass is 254 g/mol. The molecule has 2 N–H and O–H groups in total. The summed E-state index contributed by atoms with van der Waals surface area (Å²) >= 11 is 0. The topological polar surface area (TPSA) is 35.7 Å². The van der Waals surface area contributed by atoms with Gasteiger partial charge in [0.05, 0.1) is 0 Å². The Morgan fingerprint density at radius 2 is 1.89 bits per heavy atom. The first-order valence-corrected chi connectivity index (χ1v) is 7.37. The molecule has 2 rings (SSSR count). The van der Waals surface area contributed by atoms with E-state index in [0.29, 0.717) is 6.04 Å². The standard InChI is InChI=1S/C14H30N4/c1-16(2)11-13-5-4-8-18(13)14(12-15)6-9-17(3)10-7-14/h13H,4-12,15H2,1-3H3. The fourth-order valence-electron chi connectivity index (χ4n) is 3.71. The van der Waals surface area contributed by atoms with Gasteiger partial charge in [0.2, 0.25) is 0 Å². The van der Waals surface area contributed by atoms with Crippen LogP contribution in [-0.4, -0.2) is 80.1 Å². The molecule has 0 spiro atoms. The summed E-state index contributed by atoms with van der Waals surface area (Å²) in [5.41, 5.74) is 6.46. The average Bonchev–Trinajstić information content (AvgIpc) is 2.78. The second-order valence-electron chi connectivity index (χ2n) is 6.48. The second kappa shape index (κ2) is 5.87. The van der Waals surface area contributed by atoms with Gasteiger partial charge in [-0.1, -0.05) is 0 Å². The fraction of sp³-hybridized carbons (Fsp3) is 1.00. The molecule has 106 valence electrons. The van der Waals surface area contributed by atoms with Crippen molar-refractivity contribution in [3.8, 4) is 0 Å². The van der Waals surface area contributed by atoms with Crippen LogP contribution < -0.4 is 5.73 Å². The minimum absolute atomic E-state index is 0.281. The lowest BCUT2D eigenvalue weighted by atomic mass is 9.85. The first kappa shape index (κ1) is 14.3. The third-order valence-electron chi connectivity index (χ3n) is 4.86. The summed E-state index contributed by atoms with van der Waals surface area (Å²) in [5, 5.41) is 0. The Labute approximate surface area is 112 Å². The summed E-state index contributed by atoms with van der Waals surface area (Å²) in [4.78, 5) is 7.51. The van der Waals surface area contributed by atoms with E-state index in [1.165, 1.54) is 51.9 Å². The minimum atomic E-state index is 0.281. The van der Waals surface area contributed by atoms with Crippen LogP contribution in [0.1, 0.15) is 25.7 Å². The smallest absolute Gasteiger partial charge is 0.0359 e. The van der Waals surface area contributed by atoms with Crippen LogP contribution in [0.15, 0.2) is 0 Å².